The first kappa shape index (κ1) is 26.1. The first-order chi connectivity index (χ1) is 18.0. The van der Waals surface area contributed by atoms with Crippen molar-refractivity contribution in [3.8, 4) is 0 Å². The van der Waals surface area contributed by atoms with E-state index in [-0.39, 0.29) is 49.5 Å². The Morgan fingerprint density at radius 3 is 2.38 bits per heavy atom. The molecule has 11 nitrogen and oxygen atoms in total. The highest BCUT2D eigenvalue weighted by atomic mass is 16.5. The molecule has 0 bridgehead atoms. The van der Waals surface area contributed by atoms with Crippen LogP contribution >= 0.6 is 0 Å². The van der Waals surface area contributed by atoms with Crippen molar-refractivity contribution in [3.63, 3.8) is 0 Å². The van der Waals surface area contributed by atoms with Gasteiger partial charge in [0.05, 0.1) is 49.8 Å². The van der Waals surface area contributed by atoms with Crippen LogP contribution < -0.4 is 10.6 Å². The molecule has 2 aromatic carbocycles. The number of carbonyl (C=O) groups is 5. The fourth-order valence-corrected chi connectivity index (χ4v) is 4.07. The third kappa shape index (κ3) is 6.45. The van der Waals surface area contributed by atoms with Crippen molar-refractivity contribution in [1.29, 1.82) is 0 Å². The molecule has 4 rings (SSSR count). The van der Waals surface area contributed by atoms with Crippen LogP contribution in [0.2, 0.25) is 0 Å². The highest BCUT2D eigenvalue weighted by Crippen LogP contribution is 2.32. The number of fused-ring (bicyclic) bond motifs is 1. The van der Waals surface area contributed by atoms with E-state index in [1.165, 1.54) is 18.2 Å². The zero-order valence-corrected chi connectivity index (χ0v) is 20.1. The van der Waals surface area contributed by atoms with Gasteiger partial charge < -0.3 is 19.5 Å². The number of imide groups is 2. The second-order valence-electron chi connectivity index (χ2n) is 8.43. The van der Waals surface area contributed by atoms with Gasteiger partial charge in [0.15, 0.2) is 0 Å². The molecule has 0 spiro atoms. The normalized spacial score (nSPS) is 17.1. The van der Waals surface area contributed by atoms with Crippen molar-refractivity contribution in [2.24, 2.45) is 0 Å². The Morgan fingerprint density at radius 1 is 0.892 bits per heavy atom. The van der Waals surface area contributed by atoms with Gasteiger partial charge in [0.2, 0.25) is 17.7 Å². The number of anilines is 1. The van der Waals surface area contributed by atoms with Crippen LogP contribution in [0.15, 0.2) is 48.5 Å². The van der Waals surface area contributed by atoms with Crippen molar-refractivity contribution in [3.05, 3.63) is 65.2 Å². The second-order valence-corrected chi connectivity index (χ2v) is 8.43. The van der Waals surface area contributed by atoms with Crippen molar-refractivity contribution in [1.82, 2.24) is 10.2 Å². The van der Waals surface area contributed by atoms with Crippen LogP contribution in [0.25, 0.3) is 0 Å². The first-order valence-electron chi connectivity index (χ1n) is 11.9. The Labute approximate surface area is 213 Å². The maximum atomic E-state index is 13.1. The number of rotatable bonds is 12. The van der Waals surface area contributed by atoms with Gasteiger partial charge in [-0.05, 0) is 24.1 Å². The van der Waals surface area contributed by atoms with Crippen LogP contribution in [0, 0.1) is 0 Å². The van der Waals surface area contributed by atoms with E-state index >= 15 is 0 Å². The molecule has 37 heavy (non-hydrogen) atoms. The zero-order valence-electron chi connectivity index (χ0n) is 20.1. The summed E-state index contributed by atoms with van der Waals surface area (Å²) in [5, 5.41) is 4.74. The molecule has 1 saturated heterocycles. The minimum absolute atomic E-state index is 0.00406. The van der Waals surface area contributed by atoms with Gasteiger partial charge in [-0.2, -0.15) is 0 Å². The number of carbonyl (C=O) groups excluding carboxylic acids is 5. The Morgan fingerprint density at radius 2 is 1.62 bits per heavy atom. The van der Waals surface area contributed by atoms with Gasteiger partial charge in [-0.3, -0.25) is 34.2 Å². The van der Waals surface area contributed by atoms with Crippen LogP contribution in [0.5, 0.6) is 0 Å². The van der Waals surface area contributed by atoms with E-state index in [9.17, 15) is 24.0 Å². The van der Waals surface area contributed by atoms with Gasteiger partial charge in [-0.1, -0.05) is 36.4 Å². The highest BCUT2D eigenvalue weighted by Gasteiger charge is 2.45. The molecule has 2 aromatic rings. The van der Waals surface area contributed by atoms with Crippen LogP contribution in [0.1, 0.15) is 39.1 Å². The lowest BCUT2D eigenvalue weighted by atomic mass is 10.0. The van der Waals surface area contributed by atoms with Crippen LogP contribution in [0.3, 0.4) is 0 Å². The van der Waals surface area contributed by atoms with E-state index in [2.05, 4.69) is 10.6 Å². The lowest BCUT2D eigenvalue weighted by molar-refractivity contribution is -0.136. The van der Waals surface area contributed by atoms with E-state index in [0.29, 0.717) is 19.8 Å². The Bertz CT molecular complexity index is 1180. The van der Waals surface area contributed by atoms with Gasteiger partial charge in [0, 0.05) is 6.42 Å². The maximum absolute atomic E-state index is 13.1. The molecule has 2 aliphatic heterocycles. The van der Waals surface area contributed by atoms with E-state index in [1.54, 1.807) is 0 Å². The SMILES string of the molecule is O=C1CCC(N2C(=O)c3cccc(NC(=O)COCCOCCOCc4ccccc4)c3C2=O)C(=O)N1. The van der Waals surface area contributed by atoms with Gasteiger partial charge in [-0.25, -0.2) is 0 Å². The molecule has 0 saturated carbocycles. The molecule has 2 heterocycles. The number of nitrogens with one attached hydrogen (secondary N) is 2. The number of amides is 5. The van der Waals surface area contributed by atoms with E-state index in [4.69, 9.17) is 14.2 Å². The number of piperidine rings is 1. The average Bonchev–Trinajstić information content (AvgIpc) is 3.14. The number of ether oxygens (including phenoxy) is 3. The highest BCUT2D eigenvalue weighted by molar-refractivity contribution is 6.26. The summed E-state index contributed by atoms with van der Waals surface area (Å²) in [6.45, 7) is 1.49. The zero-order chi connectivity index (χ0) is 26.2. The molecule has 0 radical (unpaired) electrons. The molecule has 2 N–H and O–H groups in total. The van der Waals surface area contributed by atoms with Crippen molar-refractivity contribution in [2.45, 2.75) is 25.5 Å². The summed E-state index contributed by atoms with van der Waals surface area (Å²) in [5.74, 6) is -3.01. The van der Waals surface area contributed by atoms with Gasteiger partial charge in [0.1, 0.15) is 12.6 Å². The smallest absolute Gasteiger partial charge is 0.264 e. The Hall–Kier alpha value is -3.93. The molecule has 0 aromatic heterocycles. The molecule has 1 fully saturated rings. The van der Waals surface area contributed by atoms with Crippen LogP contribution in [-0.4, -0.2) is 73.5 Å². The molecular formula is C26H27N3O8. The summed E-state index contributed by atoms with van der Waals surface area (Å²) in [7, 11) is 0. The minimum Gasteiger partial charge on any atom is -0.377 e. The van der Waals surface area contributed by atoms with Crippen LogP contribution in [-0.2, 0) is 35.2 Å². The van der Waals surface area contributed by atoms with E-state index < -0.39 is 35.6 Å². The molecule has 2 aliphatic rings. The van der Waals surface area contributed by atoms with Crippen LogP contribution in [0.4, 0.5) is 5.69 Å². The molecular weight excluding hydrogens is 482 g/mol. The summed E-state index contributed by atoms with van der Waals surface area (Å²) in [6.07, 6.45) is 0.0715. The lowest BCUT2D eigenvalue weighted by Crippen LogP contribution is -2.54. The average molecular weight is 510 g/mol. The van der Waals surface area contributed by atoms with E-state index in [0.717, 1.165) is 10.5 Å². The summed E-state index contributed by atoms with van der Waals surface area (Å²) in [5.41, 5.74) is 1.31. The number of hydrogen-bond donors (Lipinski definition) is 2. The Balaban J connectivity index is 1.19. The molecule has 1 atom stereocenters. The van der Waals surface area contributed by atoms with Gasteiger partial charge in [0.25, 0.3) is 11.8 Å². The van der Waals surface area contributed by atoms with Crippen molar-refractivity contribution >= 4 is 35.2 Å². The predicted octanol–water partition coefficient (Wildman–Crippen LogP) is 1.28. The topological polar surface area (TPSA) is 140 Å². The van der Waals surface area contributed by atoms with Gasteiger partial charge in [-0.15, -0.1) is 0 Å². The molecule has 11 heteroatoms. The summed E-state index contributed by atoms with van der Waals surface area (Å²) in [6, 6.07) is 13.2. The largest absolute Gasteiger partial charge is 0.377 e. The fourth-order valence-electron chi connectivity index (χ4n) is 4.07. The summed E-state index contributed by atoms with van der Waals surface area (Å²) in [4.78, 5) is 62.8. The minimum atomic E-state index is -1.08. The number of hydrogen-bond acceptors (Lipinski definition) is 8. The van der Waals surface area contributed by atoms with E-state index in [1.807, 2.05) is 30.3 Å². The monoisotopic (exact) mass is 509 g/mol. The number of benzene rings is 2. The Kier molecular flexibility index (Phi) is 8.72. The number of nitrogens with zero attached hydrogens (tertiary/aromatic N) is 1. The lowest BCUT2D eigenvalue weighted by Gasteiger charge is -2.27. The molecule has 194 valence electrons. The van der Waals surface area contributed by atoms with Crippen molar-refractivity contribution < 1.29 is 38.2 Å². The summed E-state index contributed by atoms with van der Waals surface area (Å²) >= 11 is 0. The predicted molar refractivity (Wildman–Crippen MR) is 129 cm³/mol. The second kappa shape index (κ2) is 12.3. The maximum Gasteiger partial charge on any atom is 0.264 e. The van der Waals surface area contributed by atoms with Crippen molar-refractivity contribution in [2.75, 3.05) is 38.4 Å². The van der Waals surface area contributed by atoms with Gasteiger partial charge >= 0.3 is 0 Å². The third-order valence-corrected chi connectivity index (χ3v) is 5.83. The first-order valence-corrected chi connectivity index (χ1v) is 11.9. The summed E-state index contributed by atoms with van der Waals surface area (Å²) < 4.78 is 16.3. The third-order valence-electron chi connectivity index (χ3n) is 5.83. The molecule has 5 amide bonds. The quantitative estimate of drug-likeness (QED) is 0.322. The molecule has 1 unspecified atom stereocenters. The molecule has 0 aliphatic carbocycles. The standard InChI is InChI=1S/C26H27N3O8/c30-21-10-9-20(24(32)28-21)29-25(33)18-7-4-8-19(23(18)26(29)34)27-22(31)16-37-14-12-35-11-13-36-15-17-5-2-1-3-6-17/h1-8,20H,9-16H2,(H,27,31)(H,28,30,32). The fraction of sp³-hybridized carbons (Fsp3) is 0.346.